The van der Waals surface area contributed by atoms with Crippen molar-refractivity contribution >= 4 is 17.1 Å². The molecule has 3 rings (SSSR count). The van der Waals surface area contributed by atoms with E-state index in [2.05, 4.69) is 72.2 Å². The summed E-state index contributed by atoms with van der Waals surface area (Å²) in [5.41, 5.74) is 4.21. The highest BCUT2D eigenvalue weighted by molar-refractivity contribution is 5.77. The van der Waals surface area contributed by atoms with Gasteiger partial charge in [-0.3, -0.25) is 0 Å². The first-order valence-electron chi connectivity index (χ1n) is 9.92. The van der Waals surface area contributed by atoms with Crippen molar-refractivity contribution in [2.45, 2.75) is 26.2 Å². The third-order valence-electron chi connectivity index (χ3n) is 4.67. The van der Waals surface area contributed by atoms with Crippen LogP contribution < -0.4 is 14.4 Å². The molecule has 0 saturated heterocycles. The molecule has 0 radical (unpaired) electrons. The number of hydrogen-bond acceptors (Lipinski definition) is 3. The SMILES string of the molecule is CCCCC#Cc1ccc(N(c2ccc(OC)cc2)c2ccc(OC)cc2)cc1. The van der Waals surface area contributed by atoms with Crippen LogP contribution >= 0.6 is 0 Å². The Hall–Kier alpha value is -3.38. The largest absolute Gasteiger partial charge is 0.497 e. The quantitative estimate of drug-likeness (QED) is 0.333. The predicted molar refractivity (Wildman–Crippen MR) is 121 cm³/mol. The van der Waals surface area contributed by atoms with Gasteiger partial charge in [-0.1, -0.05) is 25.2 Å². The van der Waals surface area contributed by atoms with Crippen LogP contribution in [0, 0.1) is 11.8 Å². The van der Waals surface area contributed by atoms with Crippen molar-refractivity contribution in [1.29, 1.82) is 0 Å². The summed E-state index contributed by atoms with van der Waals surface area (Å²) in [7, 11) is 3.35. The summed E-state index contributed by atoms with van der Waals surface area (Å²) in [6.45, 7) is 2.18. The lowest BCUT2D eigenvalue weighted by Crippen LogP contribution is -2.09. The molecule has 0 aliphatic carbocycles. The van der Waals surface area contributed by atoms with E-state index in [-0.39, 0.29) is 0 Å². The molecule has 0 fully saturated rings. The van der Waals surface area contributed by atoms with Gasteiger partial charge in [0.25, 0.3) is 0 Å². The first-order chi connectivity index (χ1) is 14.2. The highest BCUT2D eigenvalue weighted by Crippen LogP contribution is 2.36. The molecule has 0 atom stereocenters. The molecule has 29 heavy (non-hydrogen) atoms. The lowest BCUT2D eigenvalue weighted by Gasteiger charge is -2.25. The van der Waals surface area contributed by atoms with Gasteiger partial charge in [-0.05, 0) is 79.2 Å². The molecule has 148 valence electrons. The monoisotopic (exact) mass is 385 g/mol. The van der Waals surface area contributed by atoms with Crippen molar-refractivity contribution < 1.29 is 9.47 Å². The van der Waals surface area contributed by atoms with Crippen molar-refractivity contribution in [1.82, 2.24) is 0 Å². The van der Waals surface area contributed by atoms with Crippen LogP contribution in [0.4, 0.5) is 17.1 Å². The molecule has 0 N–H and O–H groups in total. The summed E-state index contributed by atoms with van der Waals surface area (Å²) < 4.78 is 10.6. The average molecular weight is 386 g/mol. The maximum absolute atomic E-state index is 5.31. The maximum Gasteiger partial charge on any atom is 0.119 e. The van der Waals surface area contributed by atoms with Gasteiger partial charge < -0.3 is 14.4 Å². The zero-order valence-corrected chi connectivity index (χ0v) is 17.3. The number of hydrogen-bond donors (Lipinski definition) is 0. The molecule has 3 aromatic carbocycles. The summed E-state index contributed by atoms with van der Waals surface area (Å²) in [5.74, 6) is 8.17. The smallest absolute Gasteiger partial charge is 0.119 e. The van der Waals surface area contributed by atoms with E-state index in [0.717, 1.165) is 47.0 Å². The molecule has 0 bridgehead atoms. The first-order valence-corrected chi connectivity index (χ1v) is 9.92. The highest BCUT2D eigenvalue weighted by atomic mass is 16.5. The van der Waals surface area contributed by atoms with Crippen LogP contribution in [0.15, 0.2) is 72.8 Å². The summed E-state index contributed by atoms with van der Waals surface area (Å²) in [4.78, 5) is 2.20. The average Bonchev–Trinajstić information content (AvgIpc) is 2.79. The maximum atomic E-state index is 5.31. The molecule has 3 aromatic rings. The summed E-state index contributed by atoms with van der Waals surface area (Å²) in [5, 5.41) is 0. The van der Waals surface area contributed by atoms with Gasteiger partial charge >= 0.3 is 0 Å². The molecular formula is C26H27NO2. The molecule has 3 nitrogen and oxygen atoms in total. The minimum Gasteiger partial charge on any atom is -0.497 e. The second-order valence-electron chi connectivity index (χ2n) is 6.68. The predicted octanol–water partition coefficient (Wildman–Crippen LogP) is 6.72. The van der Waals surface area contributed by atoms with Gasteiger partial charge in [-0.2, -0.15) is 0 Å². The van der Waals surface area contributed by atoms with Gasteiger partial charge in [0, 0.05) is 29.0 Å². The standard InChI is InChI=1S/C26H27NO2/c1-4-5-6-7-8-21-9-11-22(12-10-21)27(23-13-17-25(28-2)18-14-23)24-15-19-26(29-3)20-16-24/h9-20H,4-6H2,1-3H3. The number of benzene rings is 3. The van der Waals surface area contributed by atoms with E-state index in [0.29, 0.717) is 0 Å². The number of unbranched alkanes of at least 4 members (excludes halogenated alkanes) is 2. The van der Waals surface area contributed by atoms with Crippen molar-refractivity contribution in [3.63, 3.8) is 0 Å². The third-order valence-corrected chi connectivity index (χ3v) is 4.67. The van der Waals surface area contributed by atoms with E-state index in [1.165, 1.54) is 6.42 Å². The van der Waals surface area contributed by atoms with Crippen molar-refractivity contribution in [3.05, 3.63) is 78.4 Å². The van der Waals surface area contributed by atoms with Crippen LogP contribution in [0.5, 0.6) is 11.5 Å². The summed E-state index contributed by atoms with van der Waals surface area (Å²) >= 11 is 0. The zero-order chi connectivity index (χ0) is 20.5. The molecule has 0 aliphatic rings. The van der Waals surface area contributed by atoms with Gasteiger partial charge in [0.1, 0.15) is 11.5 Å². The van der Waals surface area contributed by atoms with Crippen LogP contribution in [-0.2, 0) is 0 Å². The van der Waals surface area contributed by atoms with Crippen LogP contribution in [-0.4, -0.2) is 14.2 Å². The van der Waals surface area contributed by atoms with Crippen molar-refractivity contribution in [3.8, 4) is 23.3 Å². The number of nitrogens with zero attached hydrogens (tertiary/aromatic N) is 1. The van der Waals surface area contributed by atoms with Crippen molar-refractivity contribution in [2.24, 2.45) is 0 Å². The Balaban J connectivity index is 1.94. The molecule has 0 aliphatic heterocycles. The molecule has 0 unspecified atom stereocenters. The lowest BCUT2D eigenvalue weighted by molar-refractivity contribution is 0.415. The molecule has 0 heterocycles. The molecule has 0 spiro atoms. The zero-order valence-electron chi connectivity index (χ0n) is 17.3. The van der Waals surface area contributed by atoms with Crippen molar-refractivity contribution in [2.75, 3.05) is 19.1 Å². The van der Waals surface area contributed by atoms with E-state index in [9.17, 15) is 0 Å². The summed E-state index contributed by atoms with van der Waals surface area (Å²) in [6.07, 6.45) is 3.27. The second-order valence-corrected chi connectivity index (χ2v) is 6.68. The van der Waals surface area contributed by atoms with Gasteiger partial charge in [-0.15, -0.1) is 0 Å². The van der Waals surface area contributed by atoms with Crippen LogP contribution in [0.3, 0.4) is 0 Å². The number of rotatable bonds is 7. The second kappa shape index (κ2) is 10.2. The van der Waals surface area contributed by atoms with E-state index in [4.69, 9.17) is 9.47 Å². The fourth-order valence-electron chi connectivity index (χ4n) is 3.03. The summed E-state index contributed by atoms with van der Waals surface area (Å²) in [6, 6.07) is 24.5. The highest BCUT2D eigenvalue weighted by Gasteiger charge is 2.12. The molecule has 0 amide bonds. The fraction of sp³-hybridized carbons (Fsp3) is 0.231. The number of anilines is 3. The molecular weight excluding hydrogens is 358 g/mol. The van der Waals surface area contributed by atoms with E-state index >= 15 is 0 Å². The first kappa shape index (κ1) is 20.4. The Morgan fingerprint density at radius 1 is 0.690 bits per heavy atom. The van der Waals surface area contributed by atoms with E-state index in [1.54, 1.807) is 14.2 Å². The minimum absolute atomic E-state index is 0.834. The molecule has 0 saturated carbocycles. The minimum atomic E-state index is 0.834. The Bertz CT molecular complexity index is 901. The molecule has 0 aromatic heterocycles. The third kappa shape index (κ3) is 5.33. The van der Waals surface area contributed by atoms with E-state index in [1.807, 2.05) is 24.3 Å². The normalized spacial score (nSPS) is 10.0. The fourth-order valence-corrected chi connectivity index (χ4v) is 3.03. The van der Waals surface area contributed by atoms with Gasteiger partial charge in [0.15, 0.2) is 0 Å². The van der Waals surface area contributed by atoms with Crippen LogP contribution in [0.25, 0.3) is 0 Å². The number of methoxy groups -OCH3 is 2. The Kier molecular flexibility index (Phi) is 7.19. The van der Waals surface area contributed by atoms with Gasteiger partial charge in [-0.25, -0.2) is 0 Å². The molecule has 3 heteroatoms. The Labute approximate surface area is 173 Å². The lowest BCUT2D eigenvalue weighted by atomic mass is 10.1. The van der Waals surface area contributed by atoms with Crippen LogP contribution in [0.2, 0.25) is 0 Å². The Morgan fingerprint density at radius 3 is 1.55 bits per heavy atom. The van der Waals surface area contributed by atoms with E-state index < -0.39 is 0 Å². The van der Waals surface area contributed by atoms with Crippen LogP contribution in [0.1, 0.15) is 31.7 Å². The van der Waals surface area contributed by atoms with Gasteiger partial charge in [0.2, 0.25) is 0 Å². The van der Waals surface area contributed by atoms with Gasteiger partial charge in [0.05, 0.1) is 14.2 Å². The number of ether oxygens (including phenoxy) is 2. The Morgan fingerprint density at radius 2 is 1.14 bits per heavy atom. The topological polar surface area (TPSA) is 21.7 Å².